The molecule has 2 aromatic heterocycles. The van der Waals surface area contributed by atoms with Crippen LogP contribution in [-0.4, -0.2) is 33.2 Å². The van der Waals surface area contributed by atoms with Gasteiger partial charge in [-0.25, -0.2) is 9.78 Å². The van der Waals surface area contributed by atoms with Gasteiger partial charge in [0.1, 0.15) is 0 Å². The van der Waals surface area contributed by atoms with Crippen molar-refractivity contribution in [2.24, 2.45) is 0 Å². The summed E-state index contributed by atoms with van der Waals surface area (Å²) in [4.78, 5) is 29.2. The first-order chi connectivity index (χ1) is 13.6. The highest BCUT2D eigenvalue weighted by molar-refractivity contribution is 7.14. The third-order valence-corrected chi connectivity index (χ3v) is 4.88. The number of aromatic nitrogens is 3. The molecule has 7 nitrogen and oxygen atoms in total. The van der Waals surface area contributed by atoms with Crippen molar-refractivity contribution in [1.82, 2.24) is 15.2 Å². The first-order valence-corrected chi connectivity index (χ1v) is 9.45. The Bertz CT molecular complexity index is 1140. The van der Waals surface area contributed by atoms with Crippen LogP contribution in [0.1, 0.15) is 17.4 Å². The van der Waals surface area contributed by atoms with Gasteiger partial charge in [0.2, 0.25) is 0 Å². The van der Waals surface area contributed by atoms with Gasteiger partial charge in [-0.1, -0.05) is 48.5 Å². The van der Waals surface area contributed by atoms with Crippen molar-refractivity contribution < 1.29 is 14.3 Å². The van der Waals surface area contributed by atoms with Crippen LogP contribution >= 0.6 is 11.3 Å². The highest BCUT2D eigenvalue weighted by atomic mass is 32.1. The van der Waals surface area contributed by atoms with E-state index in [1.807, 2.05) is 47.8 Å². The van der Waals surface area contributed by atoms with Gasteiger partial charge in [-0.05, 0) is 13.0 Å². The monoisotopic (exact) mass is 392 g/mol. The highest BCUT2D eigenvalue weighted by Gasteiger charge is 2.23. The number of fused-ring (bicyclic) bond motifs is 1. The lowest BCUT2D eigenvalue weighted by atomic mass is 10.2. The average molecular weight is 392 g/mol. The Kier molecular flexibility index (Phi) is 4.86. The second-order valence-corrected chi connectivity index (χ2v) is 6.92. The maximum absolute atomic E-state index is 12.4. The maximum atomic E-state index is 12.4. The van der Waals surface area contributed by atoms with Gasteiger partial charge in [0.05, 0.1) is 11.2 Å². The van der Waals surface area contributed by atoms with E-state index in [2.05, 4.69) is 20.5 Å². The van der Waals surface area contributed by atoms with Gasteiger partial charge in [0.25, 0.3) is 5.91 Å². The summed E-state index contributed by atoms with van der Waals surface area (Å²) < 4.78 is 5.27. The van der Waals surface area contributed by atoms with E-state index in [9.17, 15) is 9.59 Å². The lowest BCUT2D eigenvalue weighted by Gasteiger charge is -2.11. The zero-order valence-corrected chi connectivity index (χ0v) is 15.7. The fraction of sp³-hybridized carbons (Fsp3) is 0.100. The third-order valence-electron chi connectivity index (χ3n) is 4.12. The molecular formula is C20H16N4O3S. The number of hydrogen-bond donors (Lipinski definition) is 2. The van der Waals surface area contributed by atoms with Crippen molar-refractivity contribution in [2.75, 3.05) is 5.32 Å². The number of anilines is 1. The fourth-order valence-electron chi connectivity index (χ4n) is 2.67. The van der Waals surface area contributed by atoms with E-state index in [0.29, 0.717) is 10.5 Å². The van der Waals surface area contributed by atoms with Crippen LogP contribution in [0.15, 0.2) is 60.0 Å². The number of carbonyl (C=O) groups is 2. The number of para-hydroxylation sites is 1. The number of aromatic amines is 1. The standard InChI is InChI=1S/C20H16N4O3S/c1-12(27-19(26)17-14-9-5-6-10-15(14)23-24-17)18(25)22-20-21-16(11-28-20)13-7-3-2-4-8-13/h2-12H,1H3,(H,23,24)(H,21,22,25)/t12-/m0/s1. The van der Waals surface area contributed by atoms with Gasteiger partial charge in [-0.2, -0.15) is 5.10 Å². The molecule has 0 aliphatic rings. The first-order valence-electron chi connectivity index (χ1n) is 8.58. The minimum atomic E-state index is -0.993. The Morgan fingerprint density at radius 2 is 1.86 bits per heavy atom. The number of rotatable bonds is 5. The van der Waals surface area contributed by atoms with Crippen LogP contribution in [0.5, 0.6) is 0 Å². The molecule has 28 heavy (non-hydrogen) atoms. The first kappa shape index (κ1) is 17.9. The quantitative estimate of drug-likeness (QED) is 0.503. The summed E-state index contributed by atoms with van der Waals surface area (Å²) in [6.07, 6.45) is -0.993. The van der Waals surface area contributed by atoms with Gasteiger partial charge >= 0.3 is 5.97 Å². The molecule has 0 spiro atoms. The van der Waals surface area contributed by atoms with E-state index in [-0.39, 0.29) is 5.69 Å². The smallest absolute Gasteiger partial charge is 0.360 e. The summed E-state index contributed by atoms with van der Waals surface area (Å²) in [6, 6.07) is 16.9. The summed E-state index contributed by atoms with van der Waals surface area (Å²) in [5, 5.41) is 12.4. The minimum Gasteiger partial charge on any atom is -0.448 e. The van der Waals surface area contributed by atoms with E-state index >= 15 is 0 Å². The zero-order valence-electron chi connectivity index (χ0n) is 14.9. The van der Waals surface area contributed by atoms with Crippen LogP contribution in [0.25, 0.3) is 22.2 Å². The van der Waals surface area contributed by atoms with E-state index in [1.165, 1.54) is 18.3 Å². The molecule has 8 heteroatoms. The normalized spacial score (nSPS) is 11.9. The van der Waals surface area contributed by atoms with Crippen molar-refractivity contribution in [2.45, 2.75) is 13.0 Å². The summed E-state index contributed by atoms with van der Waals surface area (Å²) in [6.45, 7) is 1.51. The Hall–Kier alpha value is -3.52. The second-order valence-electron chi connectivity index (χ2n) is 6.06. The van der Waals surface area contributed by atoms with Gasteiger partial charge in [0, 0.05) is 16.3 Å². The molecule has 2 aromatic carbocycles. The summed E-state index contributed by atoms with van der Waals surface area (Å²) in [7, 11) is 0. The molecule has 0 saturated heterocycles. The predicted octanol–water partition coefficient (Wildman–Crippen LogP) is 3.87. The second kappa shape index (κ2) is 7.61. The van der Waals surface area contributed by atoms with Crippen LogP contribution in [-0.2, 0) is 9.53 Å². The Morgan fingerprint density at radius 1 is 1.11 bits per heavy atom. The van der Waals surface area contributed by atoms with Crippen LogP contribution in [0, 0.1) is 0 Å². The molecule has 2 heterocycles. The molecule has 2 N–H and O–H groups in total. The lowest BCUT2D eigenvalue weighted by molar-refractivity contribution is -0.123. The molecule has 0 unspecified atom stereocenters. The van der Waals surface area contributed by atoms with Gasteiger partial charge < -0.3 is 4.74 Å². The Labute approximate surface area is 164 Å². The SMILES string of the molecule is C[C@H](OC(=O)c1n[nH]c2ccccc12)C(=O)Nc1nc(-c2ccccc2)cs1. The number of thiazole rings is 1. The van der Waals surface area contributed by atoms with Crippen LogP contribution in [0.2, 0.25) is 0 Å². The molecule has 0 saturated carbocycles. The largest absolute Gasteiger partial charge is 0.448 e. The van der Waals surface area contributed by atoms with Crippen LogP contribution in [0.3, 0.4) is 0 Å². The van der Waals surface area contributed by atoms with Crippen molar-refractivity contribution in [3.63, 3.8) is 0 Å². The molecule has 0 aliphatic heterocycles. The van der Waals surface area contributed by atoms with Crippen LogP contribution < -0.4 is 5.32 Å². The number of esters is 1. The van der Waals surface area contributed by atoms with Crippen molar-refractivity contribution >= 4 is 39.2 Å². The van der Waals surface area contributed by atoms with Gasteiger partial charge in [-0.15, -0.1) is 11.3 Å². The molecule has 0 fully saturated rings. The number of nitrogens with one attached hydrogen (secondary N) is 2. The fourth-order valence-corrected chi connectivity index (χ4v) is 3.39. The Balaban J connectivity index is 1.41. The molecule has 4 rings (SSSR count). The number of hydrogen-bond acceptors (Lipinski definition) is 6. The van der Waals surface area contributed by atoms with Gasteiger partial charge in [-0.3, -0.25) is 15.2 Å². The summed E-state index contributed by atoms with van der Waals surface area (Å²) in [5.41, 5.74) is 2.61. The molecule has 0 bridgehead atoms. The molecule has 1 amide bonds. The molecule has 140 valence electrons. The van der Waals surface area contributed by atoms with E-state index in [0.717, 1.165) is 16.8 Å². The van der Waals surface area contributed by atoms with E-state index < -0.39 is 18.0 Å². The zero-order chi connectivity index (χ0) is 19.5. The number of amides is 1. The number of carbonyl (C=O) groups excluding carboxylic acids is 2. The molecular weight excluding hydrogens is 376 g/mol. The topological polar surface area (TPSA) is 97.0 Å². The van der Waals surface area contributed by atoms with Crippen molar-refractivity contribution in [3.05, 3.63) is 65.7 Å². The third kappa shape index (κ3) is 3.63. The predicted molar refractivity (Wildman–Crippen MR) is 107 cm³/mol. The van der Waals surface area contributed by atoms with Crippen molar-refractivity contribution in [1.29, 1.82) is 0 Å². The molecule has 4 aromatic rings. The van der Waals surface area contributed by atoms with Crippen molar-refractivity contribution in [3.8, 4) is 11.3 Å². The maximum Gasteiger partial charge on any atom is 0.360 e. The summed E-state index contributed by atoms with van der Waals surface area (Å²) >= 11 is 1.31. The molecule has 0 radical (unpaired) electrons. The number of nitrogens with zero attached hydrogens (tertiary/aromatic N) is 2. The highest BCUT2D eigenvalue weighted by Crippen LogP contribution is 2.25. The summed E-state index contributed by atoms with van der Waals surface area (Å²) in [5.74, 6) is -1.12. The van der Waals surface area contributed by atoms with Crippen LogP contribution in [0.4, 0.5) is 5.13 Å². The molecule has 0 aliphatic carbocycles. The van der Waals surface area contributed by atoms with E-state index in [4.69, 9.17) is 4.74 Å². The Morgan fingerprint density at radius 3 is 2.68 bits per heavy atom. The lowest BCUT2D eigenvalue weighted by Crippen LogP contribution is -2.30. The number of benzene rings is 2. The van der Waals surface area contributed by atoms with E-state index in [1.54, 1.807) is 12.1 Å². The molecule has 1 atom stereocenters. The minimum absolute atomic E-state index is 0.149. The average Bonchev–Trinajstić information content (AvgIpc) is 3.35. The number of ether oxygens (including phenoxy) is 1. The number of H-pyrrole nitrogens is 1. The van der Waals surface area contributed by atoms with Gasteiger partial charge in [0.15, 0.2) is 16.9 Å².